The normalized spacial score (nSPS) is 18.3. The third-order valence-corrected chi connectivity index (χ3v) is 4.15. The van der Waals surface area contributed by atoms with Crippen LogP contribution in [0.15, 0.2) is 24.3 Å². The van der Waals surface area contributed by atoms with Crippen molar-refractivity contribution >= 4 is 23.3 Å². The van der Waals surface area contributed by atoms with Gasteiger partial charge in [-0.15, -0.1) is 0 Å². The molecule has 24 heavy (non-hydrogen) atoms. The molecule has 1 atom stereocenters. The summed E-state index contributed by atoms with van der Waals surface area (Å²) in [6.45, 7) is 3.81. The molecule has 0 unspecified atom stereocenters. The first-order valence-electron chi connectivity index (χ1n) is 8.30. The highest BCUT2D eigenvalue weighted by Crippen LogP contribution is 2.17. The van der Waals surface area contributed by atoms with Gasteiger partial charge in [-0.25, -0.2) is 4.79 Å². The second-order valence-electron chi connectivity index (χ2n) is 6.07. The van der Waals surface area contributed by atoms with Crippen molar-refractivity contribution in [1.82, 2.24) is 9.80 Å². The van der Waals surface area contributed by atoms with Crippen molar-refractivity contribution in [3.05, 3.63) is 24.3 Å². The summed E-state index contributed by atoms with van der Waals surface area (Å²) < 4.78 is 0. The molecule has 0 aromatic heterocycles. The summed E-state index contributed by atoms with van der Waals surface area (Å²) in [6.07, 6.45) is 1.26. The number of benzene rings is 1. The van der Waals surface area contributed by atoms with E-state index >= 15 is 0 Å². The summed E-state index contributed by atoms with van der Waals surface area (Å²) >= 11 is 0. The molecule has 0 bridgehead atoms. The molecule has 0 radical (unpaired) electrons. The van der Waals surface area contributed by atoms with Crippen LogP contribution < -0.4 is 10.6 Å². The van der Waals surface area contributed by atoms with Crippen molar-refractivity contribution in [3.63, 3.8) is 0 Å². The minimum Gasteiger partial charge on any atom is -0.395 e. The van der Waals surface area contributed by atoms with E-state index in [4.69, 9.17) is 0 Å². The quantitative estimate of drug-likeness (QED) is 0.763. The smallest absolute Gasteiger partial charge is 0.321 e. The average Bonchev–Trinajstić information content (AvgIpc) is 2.55. The van der Waals surface area contributed by atoms with E-state index in [1.54, 1.807) is 29.2 Å². The molecule has 3 N–H and O–H groups in total. The fourth-order valence-electron chi connectivity index (χ4n) is 2.66. The number of hydrogen-bond acceptors (Lipinski definition) is 4. The predicted molar refractivity (Wildman–Crippen MR) is 94.1 cm³/mol. The number of carbonyl (C=O) groups excluding carboxylic acids is 2. The highest BCUT2D eigenvalue weighted by Gasteiger charge is 2.26. The minimum atomic E-state index is -0.196. The SMILES string of the molecule is CCCC(=O)Nc1cccc(NC(=O)N2CCN(C)[C@H](CO)C2)c1. The van der Waals surface area contributed by atoms with Crippen LogP contribution in [0.3, 0.4) is 0 Å². The molecule has 7 nitrogen and oxygen atoms in total. The number of amides is 3. The second kappa shape index (κ2) is 8.65. The molecular formula is C17H26N4O3. The lowest BCUT2D eigenvalue weighted by molar-refractivity contribution is -0.116. The maximum atomic E-state index is 12.4. The molecule has 1 fully saturated rings. The maximum absolute atomic E-state index is 12.4. The number of nitrogens with one attached hydrogen (secondary N) is 2. The summed E-state index contributed by atoms with van der Waals surface area (Å²) in [6, 6.07) is 6.87. The fraction of sp³-hybridized carbons (Fsp3) is 0.529. The number of nitrogens with zero attached hydrogens (tertiary/aromatic N) is 2. The lowest BCUT2D eigenvalue weighted by atomic mass is 10.2. The van der Waals surface area contributed by atoms with E-state index in [1.165, 1.54) is 0 Å². The minimum absolute atomic E-state index is 0.0270. The number of likely N-dealkylation sites (N-methyl/N-ethyl adjacent to an activating group) is 1. The Bertz CT molecular complexity index is 579. The highest BCUT2D eigenvalue weighted by atomic mass is 16.3. The first kappa shape index (κ1) is 18.2. The molecule has 1 aliphatic heterocycles. The Hall–Kier alpha value is -2.12. The molecule has 1 saturated heterocycles. The fourth-order valence-corrected chi connectivity index (χ4v) is 2.66. The third kappa shape index (κ3) is 4.94. The zero-order chi connectivity index (χ0) is 17.5. The average molecular weight is 334 g/mol. The Balaban J connectivity index is 1.95. The van der Waals surface area contributed by atoms with E-state index in [9.17, 15) is 14.7 Å². The van der Waals surface area contributed by atoms with Gasteiger partial charge in [-0.3, -0.25) is 9.69 Å². The van der Waals surface area contributed by atoms with Gasteiger partial charge < -0.3 is 20.6 Å². The van der Waals surface area contributed by atoms with Gasteiger partial charge in [0.15, 0.2) is 0 Å². The number of hydrogen-bond donors (Lipinski definition) is 3. The van der Waals surface area contributed by atoms with Gasteiger partial charge in [-0.2, -0.15) is 0 Å². The van der Waals surface area contributed by atoms with Crippen molar-refractivity contribution in [1.29, 1.82) is 0 Å². The second-order valence-corrected chi connectivity index (χ2v) is 6.07. The first-order chi connectivity index (χ1) is 11.5. The predicted octanol–water partition coefficient (Wildman–Crippen LogP) is 1.57. The van der Waals surface area contributed by atoms with Gasteiger partial charge in [0.05, 0.1) is 12.6 Å². The summed E-state index contributed by atoms with van der Waals surface area (Å²) in [7, 11) is 1.94. The molecule has 0 aliphatic carbocycles. The van der Waals surface area contributed by atoms with Gasteiger partial charge in [0, 0.05) is 37.4 Å². The summed E-state index contributed by atoms with van der Waals surface area (Å²) in [5.41, 5.74) is 1.30. The zero-order valence-corrected chi connectivity index (χ0v) is 14.3. The van der Waals surface area contributed by atoms with E-state index in [2.05, 4.69) is 10.6 Å². The monoisotopic (exact) mass is 334 g/mol. The zero-order valence-electron chi connectivity index (χ0n) is 14.3. The van der Waals surface area contributed by atoms with E-state index in [0.717, 1.165) is 13.0 Å². The van der Waals surface area contributed by atoms with Crippen molar-refractivity contribution < 1.29 is 14.7 Å². The third-order valence-electron chi connectivity index (χ3n) is 4.15. The van der Waals surface area contributed by atoms with E-state index < -0.39 is 0 Å². The van der Waals surface area contributed by atoms with Gasteiger partial charge in [0.2, 0.25) is 5.91 Å². The molecule has 7 heteroatoms. The van der Waals surface area contributed by atoms with Crippen LogP contribution in [0.5, 0.6) is 0 Å². The summed E-state index contributed by atoms with van der Waals surface area (Å²) in [5, 5.41) is 15.0. The summed E-state index contributed by atoms with van der Waals surface area (Å²) in [5.74, 6) is -0.0363. The maximum Gasteiger partial charge on any atom is 0.321 e. The number of aliphatic hydroxyl groups is 1. The van der Waals surface area contributed by atoms with Crippen molar-refractivity contribution in [2.45, 2.75) is 25.8 Å². The Morgan fingerprint density at radius 2 is 1.96 bits per heavy atom. The lowest BCUT2D eigenvalue weighted by Gasteiger charge is -2.38. The largest absolute Gasteiger partial charge is 0.395 e. The Morgan fingerprint density at radius 3 is 2.62 bits per heavy atom. The number of carbonyl (C=O) groups is 2. The van der Waals surface area contributed by atoms with Gasteiger partial charge >= 0.3 is 6.03 Å². The molecule has 3 amide bonds. The van der Waals surface area contributed by atoms with Crippen molar-refractivity contribution in [2.24, 2.45) is 0 Å². The van der Waals surface area contributed by atoms with Crippen LogP contribution >= 0.6 is 0 Å². The van der Waals surface area contributed by atoms with Crippen molar-refractivity contribution in [2.75, 3.05) is 43.9 Å². The van der Waals surface area contributed by atoms with Gasteiger partial charge in [0.25, 0.3) is 0 Å². The Labute approximate surface area is 142 Å². The molecule has 1 aromatic carbocycles. The van der Waals surface area contributed by atoms with Gasteiger partial charge in [-0.05, 0) is 31.7 Å². The first-order valence-corrected chi connectivity index (χ1v) is 8.30. The molecule has 1 aliphatic rings. The van der Waals surface area contributed by atoms with Crippen LogP contribution in [0.1, 0.15) is 19.8 Å². The van der Waals surface area contributed by atoms with Crippen LogP contribution in [-0.4, -0.2) is 66.2 Å². The van der Waals surface area contributed by atoms with Crippen molar-refractivity contribution in [3.8, 4) is 0 Å². The van der Waals surface area contributed by atoms with Gasteiger partial charge in [-0.1, -0.05) is 13.0 Å². The molecule has 132 valence electrons. The van der Waals surface area contributed by atoms with E-state index in [-0.39, 0.29) is 24.6 Å². The number of anilines is 2. The number of piperazine rings is 1. The molecule has 0 saturated carbocycles. The Kier molecular flexibility index (Phi) is 6.57. The van der Waals surface area contributed by atoms with Crippen LogP contribution in [0, 0.1) is 0 Å². The van der Waals surface area contributed by atoms with Crippen LogP contribution in [0.2, 0.25) is 0 Å². The molecule has 0 spiro atoms. The van der Waals surface area contributed by atoms with Crippen LogP contribution in [0.25, 0.3) is 0 Å². The van der Waals surface area contributed by atoms with Crippen LogP contribution in [0.4, 0.5) is 16.2 Å². The Morgan fingerprint density at radius 1 is 1.25 bits per heavy atom. The molecule has 1 heterocycles. The highest BCUT2D eigenvalue weighted by molar-refractivity contribution is 5.93. The molecular weight excluding hydrogens is 308 g/mol. The number of urea groups is 1. The lowest BCUT2D eigenvalue weighted by Crippen LogP contribution is -2.55. The number of aliphatic hydroxyl groups excluding tert-OH is 1. The van der Waals surface area contributed by atoms with Crippen LogP contribution in [-0.2, 0) is 4.79 Å². The van der Waals surface area contributed by atoms with E-state index in [0.29, 0.717) is 30.9 Å². The van der Waals surface area contributed by atoms with Gasteiger partial charge in [0.1, 0.15) is 0 Å². The van der Waals surface area contributed by atoms with E-state index in [1.807, 2.05) is 18.9 Å². The summed E-state index contributed by atoms with van der Waals surface area (Å²) in [4.78, 5) is 27.8. The topological polar surface area (TPSA) is 84.9 Å². The standard InChI is InChI=1S/C17H26N4O3/c1-3-5-16(23)18-13-6-4-7-14(10-13)19-17(24)21-9-8-20(2)15(11-21)12-22/h4,6-7,10,15,22H,3,5,8-9,11-12H2,1-2H3,(H,18,23)(H,19,24)/t15-/m0/s1. The molecule has 1 aromatic rings. The molecule has 2 rings (SSSR count). The number of rotatable bonds is 5.